The molecule has 104 valence electrons. The number of aromatic nitrogens is 1. The maximum Gasteiger partial charge on any atom is 0.0485 e. The number of rotatable bonds is 3. The molecule has 0 radical (unpaired) electrons. The Morgan fingerprint density at radius 2 is 1.95 bits per heavy atom. The number of hydrogen-bond donors (Lipinski definition) is 2. The highest BCUT2D eigenvalue weighted by atomic mass is 15.1. The van der Waals surface area contributed by atoms with E-state index in [1.165, 1.54) is 22.0 Å². The van der Waals surface area contributed by atoms with Crippen LogP contribution >= 0.6 is 0 Å². The number of benzene rings is 1. The molecule has 1 heterocycles. The van der Waals surface area contributed by atoms with Gasteiger partial charge in [0.25, 0.3) is 0 Å². The largest absolute Gasteiger partial charge is 0.361 e. The van der Waals surface area contributed by atoms with Gasteiger partial charge in [0.15, 0.2) is 0 Å². The zero-order chi connectivity index (χ0) is 14.2. The van der Waals surface area contributed by atoms with Gasteiger partial charge in [0.1, 0.15) is 0 Å². The van der Waals surface area contributed by atoms with Gasteiger partial charge < -0.3 is 15.6 Å². The normalized spacial score (nSPS) is 14.3. The number of nitrogens with two attached hydrogens (primary N) is 1. The van der Waals surface area contributed by atoms with E-state index in [1.807, 2.05) is 0 Å². The Morgan fingerprint density at radius 3 is 2.47 bits per heavy atom. The van der Waals surface area contributed by atoms with E-state index in [9.17, 15) is 0 Å². The second-order valence-corrected chi connectivity index (χ2v) is 6.47. The molecule has 0 aliphatic rings. The average molecular weight is 259 g/mol. The fraction of sp³-hybridized carbons (Fsp3) is 0.500. The number of fused-ring (bicyclic) bond motifs is 1. The van der Waals surface area contributed by atoms with Crippen LogP contribution in [0.2, 0.25) is 0 Å². The Balaban J connectivity index is 2.57. The zero-order valence-electron chi connectivity index (χ0n) is 12.6. The number of hydrogen-bond acceptors (Lipinski definition) is 2. The molecule has 1 aromatic heterocycles. The van der Waals surface area contributed by atoms with Gasteiger partial charge in [0, 0.05) is 29.7 Å². The summed E-state index contributed by atoms with van der Waals surface area (Å²) in [5.41, 5.74) is 9.92. The monoisotopic (exact) mass is 259 g/mol. The highest BCUT2D eigenvalue weighted by molar-refractivity contribution is 5.84. The summed E-state index contributed by atoms with van der Waals surface area (Å²) in [4.78, 5) is 5.53. The molecule has 0 saturated heterocycles. The van der Waals surface area contributed by atoms with Crippen molar-refractivity contribution in [2.24, 2.45) is 5.73 Å². The lowest BCUT2D eigenvalue weighted by atomic mass is 9.86. The van der Waals surface area contributed by atoms with Gasteiger partial charge in [0.2, 0.25) is 0 Å². The number of H-pyrrole nitrogens is 1. The third-order valence-corrected chi connectivity index (χ3v) is 3.79. The first kappa shape index (κ1) is 14.1. The number of aromatic amines is 1. The number of nitrogens with zero attached hydrogens (tertiary/aromatic N) is 1. The van der Waals surface area contributed by atoms with Crippen LogP contribution in [-0.4, -0.2) is 30.5 Å². The fourth-order valence-electron chi connectivity index (χ4n) is 2.50. The van der Waals surface area contributed by atoms with E-state index in [1.54, 1.807) is 0 Å². The molecule has 3 nitrogen and oxygen atoms in total. The summed E-state index contributed by atoms with van der Waals surface area (Å²) in [7, 11) is 4.15. The Kier molecular flexibility index (Phi) is 3.70. The average Bonchev–Trinajstić information content (AvgIpc) is 2.72. The molecule has 1 atom stereocenters. The molecule has 0 aliphatic carbocycles. The lowest BCUT2D eigenvalue weighted by Crippen LogP contribution is -2.27. The Bertz CT molecular complexity index is 561. The number of likely N-dealkylation sites (N-methyl/N-ethyl adjacent to an activating group) is 1. The van der Waals surface area contributed by atoms with Crippen molar-refractivity contribution in [3.8, 4) is 0 Å². The van der Waals surface area contributed by atoms with Gasteiger partial charge in [-0.05, 0) is 42.8 Å². The van der Waals surface area contributed by atoms with Crippen molar-refractivity contribution in [3.63, 3.8) is 0 Å². The molecule has 0 amide bonds. The van der Waals surface area contributed by atoms with E-state index in [0.717, 1.165) is 0 Å². The van der Waals surface area contributed by atoms with Gasteiger partial charge in [-0.15, -0.1) is 0 Å². The molecule has 0 bridgehead atoms. The summed E-state index contributed by atoms with van der Waals surface area (Å²) in [6.07, 6.45) is 2.09. The highest BCUT2D eigenvalue weighted by Gasteiger charge is 2.19. The maximum atomic E-state index is 5.92. The van der Waals surface area contributed by atoms with E-state index in [-0.39, 0.29) is 11.5 Å². The topological polar surface area (TPSA) is 45.0 Å². The minimum absolute atomic E-state index is 0.166. The zero-order valence-corrected chi connectivity index (χ0v) is 12.6. The predicted octanol–water partition coefficient (Wildman–Crippen LogP) is 3.03. The smallest absolute Gasteiger partial charge is 0.0485 e. The Labute approximate surface area is 115 Å². The van der Waals surface area contributed by atoms with Gasteiger partial charge in [-0.1, -0.05) is 26.8 Å². The second kappa shape index (κ2) is 4.99. The van der Waals surface area contributed by atoms with E-state index in [0.29, 0.717) is 6.54 Å². The van der Waals surface area contributed by atoms with Crippen LogP contribution in [0.3, 0.4) is 0 Å². The van der Waals surface area contributed by atoms with Crippen LogP contribution in [0.25, 0.3) is 10.9 Å². The standard InChI is InChI=1S/C16H25N3/c1-16(2,3)11-6-7-14-12(8-11)13(10-18-14)15(9-17)19(4)5/h6-8,10,15,18H,9,17H2,1-5H3. The Hall–Kier alpha value is -1.32. The first-order valence-corrected chi connectivity index (χ1v) is 6.82. The van der Waals surface area contributed by atoms with Crippen molar-refractivity contribution in [2.75, 3.05) is 20.6 Å². The van der Waals surface area contributed by atoms with E-state index >= 15 is 0 Å². The lowest BCUT2D eigenvalue weighted by Gasteiger charge is -2.23. The van der Waals surface area contributed by atoms with E-state index < -0.39 is 0 Å². The fourth-order valence-corrected chi connectivity index (χ4v) is 2.50. The summed E-state index contributed by atoms with van der Waals surface area (Å²) in [5.74, 6) is 0. The van der Waals surface area contributed by atoms with Crippen LogP contribution in [0.15, 0.2) is 24.4 Å². The van der Waals surface area contributed by atoms with Crippen molar-refractivity contribution in [1.29, 1.82) is 0 Å². The van der Waals surface area contributed by atoms with Crippen LogP contribution in [0.1, 0.15) is 37.9 Å². The van der Waals surface area contributed by atoms with Gasteiger partial charge >= 0.3 is 0 Å². The van der Waals surface area contributed by atoms with Crippen molar-refractivity contribution in [3.05, 3.63) is 35.5 Å². The molecule has 0 spiro atoms. The minimum atomic E-state index is 0.166. The summed E-state index contributed by atoms with van der Waals surface area (Å²) in [5, 5.41) is 1.29. The summed E-state index contributed by atoms with van der Waals surface area (Å²) in [6.45, 7) is 7.35. The molecule has 3 heteroatoms. The van der Waals surface area contributed by atoms with Gasteiger partial charge in [-0.2, -0.15) is 0 Å². The van der Waals surface area contributed by atoms with E-state index in [2.05, 4.69) is 69.1 Å². The molecule has 0 saturated carbocycles. The molecule has 2 aromatic rings. The summed E-state index contributed by atoms with van der Waals surface area (Å²) in [6, 6.07) is 6.93. The van der Waals surface area contributed by atoms with Gasteiger partial charge in [-0.3, -0.25) is 0 Å². The first-order valence-electron chi connectivity index (χ1n) is 6.82. The summed E-state index contributed by atoms with van der Waals surface area (Å²) < 4.78 is 0. The number of nitrogens with one attached hydrogen (secondary N) is 1. The molecule has 0 aliphatic heterocycles. The van der Waals surface area contributed by atoms with Gasteiger partial charge in [-0.25, -0.2) is 0 Å². The maximum absolute atomic E-state index is 5.92. The quantitative estimate of drug-likeness (QED) is 0.890. The first-order chi connectivity index (χ1) is 8.84. The molecule has 2 rings (SSSR count). The van der Waals surface area contributed by atoms with Crippen molar-refractivity contribution >= 4 is 10.9 Å². The van der Waals surface area contributed by atoms with Gasteiger partial charge in [0.05, 0.1) is 0 Å². The van der Waals surface area contributed by atoms with E-state index in [4.69, 9.17) is 5.73 Å². The lowest BCUT2D eigenvalue weighted by molar-refractivity contribution is 0.308. The Morgan fingerprint density at radius 1 is 1.26 bits per heavy atom. The third kappa shape index (κ3) is 2.67. The van der Waals surface area contributed by atoms with Crippen molar-refractivity contribution < 1.29 is 0 Å². The van der Waals surface area contributed by atoms with Crippen molar-refractivity contribution in [2.45, 2.75) is 32.2 Å². The van der Waals surface area contributed by atoms with Crippen LogP contribution in [-0.2, 0) is 5.41 Å². The molecule has 1 aromatic carbocycles. The predicted molar refractivity (Wildman–Crippen MR) is 82.5 cm³/mol. The van der Waals surface area contributed by atoms with Crippen molar-refractivity contribution in [1.82, 2.24) is 9.88 Å². The van der Waals surface area contributed by atoms with Crippen LogP contribution in [0, 0.1) is 0 Å². The van der Waals surface area contributed by atoms with Crippen LogP contribution < -0.4 is 5.73 Å². The second-order valence-electron chi connectivity index (χ2n) is 6.47. The SMILES string of the molecule is CN(C)C(CN)c1c[nH]c2ccc(C(C)(C)C)cc12. The molecule has 19 heavy (non-hydrogen) atoms. The molecule has 1 unspecified atom stereocenters. The molecule has 3 N–H and O–H groups in total. The molecular weight excluding hydrogens is 234 g/mol. The minimum Gasteiger partial charge on any atom is -0.361 e. The third-order valence-electron chi connectivity index (χ3n) is 3.79. The van der Waals surface area contributed by atoms with Crippen LogP contribution in [0.5, 0.6) is 0 Å². The molecular formula is C16H25N3. The van der Waals surface area contributed by atoms with Crippen LogP contribution in [0.4, 0.5) is 0 Å². The molecule has 0 fully saturated rings. The summed E-state index contributed by atoms with van der Waals surface area (Å²) >= 11 is 0. The highest BCUT2D eigenvalue weighted by Crippen LogP contribution is 2.31.